The van der Waals surface area contributed by atoms with Gasteiger partial charge in [-0.25, -0.2) is 4.99 Å². The van der Waals surface area contributed by atoms with Gasteiger partial charge in [-0.2, -0.15) is 0 Å². The van der Waals surface area contributed by atoms with Gasteiger partial charge in [0.15, 0.2) is 0 Å². The van der Waals surface area contributed by atoms with Crippen molar-refractivity contribution in [1.82, 2.24) is 5.43 Å². The van der Waals surface area contributed by atoms with Gasteiger partial charge in [-0.1, -0.05) is 36.4 Å². The van der Waals surface area contributed by atoms with Gasteiger partial charge in [0.05, 0.1) is 12.2 Å². The van der Waals surface area contributed by atoms with Crippen molar-refractivity contribution >= 4 is 22.5 Å². The van der Waals surface area contributed by atoms with Crippen LogP contribution in [0, 0.1) is 0 Å². The Hall–Kier alpha value is -2.23. The van der Waals surface area contributed by atoms with E-state index in [4.69, 9.17) is 4.74 Å². The molecule has 1 N–H and O–H groups in total. The van der Waals surface area contributed by atoms with E-state index < -0.39 is 0 Å². The molecule has 0 bridgehead atoms. The van der Waals surface area contributed by atoms with E-state index in [1.807, 2.05) is 30.3 Å². The largest absolute Gasteiger partial charge is 0.462 e. The highest BCUT2D eigenvalue weighted by molar-refractivity contribution is 5.94. The Kier molecular flexibility index (Phi) is 2.76. The number of rotatable bonds is 2. The Morgan fingerprint density at radius 1 is 1.17 bits per heavy atom. The molecule has 0 aliphatic carbocycles. The summed E-state index contributed by atoms with van der Waals surface area (Å²) in [6.45, 7) is 1.39. The highest BCUT2D eigenvalue weighted by Gasteiger charge is 2.11. The molecule has 4 nitrogen and oxygen atoms in total. The van der Waals surface area contributed by atoms with Gasteiger partial charge >= 0.3 is 6.02 Å². The minimum Gasteiger partial charge on any atom is -0.462 e. The summed E-state index contributed by atoms with van der Waals surface area (Å²) in [7, 11) is 1.96. The lowest BCUT2D eigenvalue weighted by Gasteiger charge is -2.22. The van der Waals surface area contributed by atoms with E-state index in [2.05, 4.69) is 34.7 Å². The molecule has 0 radical (unpaired) electrons. The van der Waals surface area contributed by atoms with Crippen LogP contribution in [0.4, 0.5) is 5.69 Å². The highest BCUT2D eigenvalue weighted by Crippen LogP contribution is 2.24. The first-order valence-corrected chi connectivity index (χ1v) is 6.00. The minimum atomic E-state index is 0.588. The van der Waals surface area contributed by atoms with Crippen LogP contribution in [-0.2, 0) is 4.74 Å². The normalized spacial score (nSPS) is 14.2. The summed E-state index contributed by atoms with van der Waals surface area (Å²) in [6.07, 6.45) is 0. The molecule has 0 fully saturated rings. The minimum absolute atomic E-state index is 0.588. The van der Waals surface area contributed by atoms with E-state index in [9.17, 15) is 0 Å². The van der Waals surface area contributed by atoms with E-state index in [1.165, 1.54) is 10.8 Å². The zero-order chi connectivity index (χ0) is 12.4. The molecule has 4 heteroatoms. The lowest BCUT2D eigenvalue weighted by Crippen LogP contribution is -2.39. The fourth-order valence-electron chi connectivity index (χ4n) is 2.11. The molecule has 0 atom stereocenters. The van der Waals surface area contributed by atoms with E-state index in [-0.39, 0.29) is 0 Å². The highest BCUT2D eigenvalue weighted by atomic mass is 16.5. The third-order valence-electron chi connectivity index (χ3n) is 2.98. The predicted octanol–water partition coefficient (Wildman–Crippen LogP) is 2.17. The molecule has 0 saturated carbocycles. The second-order valence-electron chi connectivity index (χ2n) is 4.20. The number of aliphatic imine (C=N–C) groups is 1. The standard InChI is InChI=1S/C14H15N3O/c1-17(16-14-15-9-10-18-14)13-8-4-6-11-5-2-3-7-12(11)13/h2-8H,9-10H2,1H3,(H,15,16). The van der Waals surface area contributed by atoms with E-state index in [0.29, 0.717) is 12.6 Å². The summed E-state index contributed by atoms with van der Waals surface area (Å²) in [5.74, 6) is 0. The topological polar surface area (TPSA) is 36.9 Å². The van der Waals surface area contributed by atoms with Crippen molar-refractivity contribution < 1.29 is 4.74 Å². The number of hydrogen-bond donors (Lipinski definition) is 1. The van der Waals surface area contributed by atoms with Gasteiger partial charge in [0, 0.05) is 12.4 Å². The summed E-state index contributed by atoms with van der Waals surface area (Å²) < 4.78 is 5.35. The Labute approximate surface area is 106 Å². The van der Waals surface area contributed by atoms with Gasteiger partial charge in [0.2, 0.25) is 0 Å². The molecule has 0 saturated heterocycles. The Balaban J connectivity index is 1.93. The number of benzene rings is 2. The number of fused-ring (bicyclic) bond motifs is 1. The zero-order valence-electron chi connectivity index (χ0n) is 10.3. The zero-order valence-corrected chi connectivity index (χ0v) is 10.3. The van der Waals surface area contributed by atoms with Crippen LogP contribution in [-0.4, -0.2) is 26.2 Å². The number of ether oxygens (including phenoxy) is 1. The summed E-state index contributed by atoms with van der Waals surface area (Å²) in [4.78, 5) is 4.22. The van der Waals surface area contributed by atoms with Crippen molar-refractivity contribution in [3.8, 4) is 0 Å². The van der Waals surface area contributed by atoms with Crippen molar-refractivity contribution in [3.63, 3.8) is 0 Å². The van der Waals surface area contributed by atoms with Crippen molar-refractivity contribution in [2.45, 2.75) is 0 Å². The molecule has 18 heavy (non-hydrogen) atoms. The second-order valence-corrected chi connectivity index (χ2v) is 4.20. The molecule has 1 aliphatic heterocycles. The average Bonchev–Trinajstić information content (AvgIpc) is 2.91. The van der Waals surface area contributed by atoms with Gasteiger partial charge < -0.3 is 4.74 Å². The first kappa shape index (κ1) is 10.9. The lowest BCUT2D eigenvalue weighted by atomic mass is 10.1. The Bertz CT molecular complexity index is 589. The molecule has 2 aromatic rings. The van der Waals surface area contributed by atoms with Gasteiger partial charge in [0.25, 0.3) is 0 Å². The molecule has 1 heterocycles. The summed E-state index contributed by atoms with van der Waals surface area (Å²) in [5.41, 5.74) is 4.25. The molecule has 3 rings (SSSR count). The SMILES string of the molecule is CN(NC1=NCCO1)c1cccc2ccccc12. The number of nitrogens with zero attached hydrogens (tertiary/aromatic N) is 2. The van der Waals surface area contributed by atoms with E-state index in [0.717, 1.165) is 12.2 Å². The average molecular weight is 241 g/mol. The van der Waals surface area contributed by atoms with Crippen molar-refractivity contribution in [3.05, 3.63) is 42.5 Å². The smallest absolute Gasteiger partial charge is 0.304 e. The van der Waals surface area contributed by atoms with E-state index in [1.54, 1.807) is 0 Å². The van der Waals surface area contributed by atoms with Crippen LogP contribution in [0.5, 0.6) is 0 Å². The fourth-order valence-corrected chi connectivity index (χ4v) is 2.11. The van der Waals surface area contributed by atoms with Gasteiger partial charge in [-0.05, 0) is 11.5 Å². The van der Waals surface area contributed by atoms with E-state index >= 15 is 0 Å². The lowest BCUT2D eigenvalue weighted by molar-refractivity contribution is 0.331. The molecule has 1 aliphatic rings. The molecule has 2 aromatic carbocycles. The molecule has 0 unspecified atom stereocenters. The Morgan fingerprint density at radius 3 is 2.83 bits per heavy atom. The number of hydrogen-bond acceptors (Lipinski definition) is 4. The van der Waals surface area contributed by atoms with Gasteiger partial charge in [0.1, 0.15) is 6.61 Å². The molecule has 0 amide bonds. The third-order valence-corrected chi connectivity index (χ3v) is 2.98. The van der Waals surface area contributed by atoms with Crippen LogP contribution in [0.15, 0.2) is 47.5 Å². The second kappa shape index (κ2) is 4.56. The first-order chi connectivity index (χ1) is 8.84. The number of anilines is 1. The Morgan fingerprint density at radius 2 is 2.00 bits per heavy atom. The first-order valence-electron chi connectivity index (χ1n) is 6.00. The van der Waals surface area contributed by atoms with Crippen LogP contribution < -0.4 is 10.4 Å². The summed E-state index contributed by atoms with van der Waals surface area (Å²) in [5, 5.41) is 4.36. The molecular formula is C14H15N3O. The monoisotopic (exact) mass is 241 g/mol. The summed E-state index contributed by atoms with van der Waals surface area (Å²) in [6, 6.07) is 15.1. The van der Waals surface area contributed by atoms with Crippen molar-refractivity contribution in [2.24, 2.45) is 4.99 Å². The maximum atomic E-state index is 5.35. The number of hydrazine groups is 1. The van der Waals surface area contributed by atoms with Crippen LogP contribution in [0.25, 0.3) is 10.8 Å². The third kappa shape index (κ3) is 1.97. The van der Waals surface area contributed by atoms with Crippen LogP contribution in [0.3, 0.4) is 0 Å². The number of amidine groups is 1. The van der Waals surface area contributed by atoms with Gasteiger partial charge in [-0.3, -0.25) is 10.4 Å². The van der Waals surface area contributed by atoms with Gasteiger partial charge in [-0.15, -0.1) is 0 Å². The van der Waals surface area contributed by atoms with Crippen molar-refractivity contribution in [1.29, 1.82) is 0 Å². The number of nitrogens with one attached hydrogen (secondary N) is 1. The van der Waals surface area contributed by atoms with Crippen molar-refractivity contribution in [2.75, 3.05) is 25.2 Å². The molecular weight excluding hydrogens is 226 g/mol. The maximum Gasteiger partial charge on any atom is 0.304 e. The molecule has 0 aromatic heterocycles. The summed E-state index contributed by atoms with van der Waals surface area (Å²) >= 11 is 0. The molecule has 92 valence electrons. The van der Waals surface area contributed by atoms with Crippen LogP contribution >= 0.6 is 0 Å². The van der Waals surface area contributed by atoms with Crippen LogP contribution in [0.1, 0.15) is 0 Å². The van der Waals surface area contributed by atoms with Crippen LogP contribution in [0.2, 0.25) is 0 Å². The quantitative estimate of drug-likeness (QED) is 0.819. The molecule has 0 spiro atoms. The predicted molar refractivity (Wildman–Crippen MR) is 73.7 cm³/mol. The maximum absolute atomic E-state index is 5.35. The fraction of sp³-hybridized carbons (Fsp3) is 0.214.